The highest BCUT2D eigenvalue weighted by molar-refractivity contribution is 5.78. The van der Waals surface area contributed by atoms with Gasteiger partial charge in [-0.1, -0.05) is 36.8 Å². The molecule has 2 heteroatoms. The fraction of sp³-hybridized carbons (Fsp3) is 0.533. The van der Waals surface area contributed by atoms with E-state index in [0.717, 1.165) is 25.1 Å². The highest BCUT2D eigenvalue weighted by Crippen LogP contribution is 2.16. The predicted molar refractivity (Wildman–Crippen MR) is 69.9 cm³/mol. The fourth-order valence-corrected chi connectivity index (χ4v) is 2.41. The first-order chi connectivity index (χ1) is 8.15. The first-order valence-electron chi connectivity index (χ1n) is 6.48. The van der Waals surface area contributed by atoms with Crippen molar-refractivity contribution in [2.24, 2.45) is 5.92 Å². The second kappa shape index (κ2) is 5.35. The van der Waals surface area contributed by atoms with Gasteiger partial charge in [0.2, 0.25) is 5.91 Å². The SMILES string of the molecule is Cc1ccc(CC(=O)N2CCCC(C)C2)cc1. The molecule has 17 heavy (non-hydrogen) atoms. The van der Waals surface area contributed by atoms with E-state index >= 15 is 0 Å². The third-order valence-electron chi connectivity index (χ3n) is 3.49. The number of carbonyl (C=O) groups is 1. The Morgan fingerprint density at radius 1 is 1.35 bits per heavy atom. The minimum atomic E-state index is 0.278. The first-order valence-corrected chi connectivity index (χ1v) is 6.48. The van der Waals surface area contributed by atoms with Gasteiger partial charge in [0.25, 0.3) is 0 Å². The summed E-state index contributed by atoms with van der Waals surface area (Å²) >= 11 is 0. The van der Waals surface area contributed by atoms with Gasteiger partial charge in [0, 0.05) is 13.1 Å². The fourth-order valence-electron chi connectivity index (χ4n) is 2.41. The number of hydrogen-bond donors (Lipinski definition) is 0. The van der Waals surface area contributed by atoms with Gasteiger partial charge in [0.1, 0.15) is 0 Å². The van der Waals surface area contributed by atoms with Gasteiger partial charge in [0.05, 0.1) is 6.42 Å². The number of hydrogen-bond acceptors (Lipinski definition) is 1. The number of amides is 1. The molecule has 0 aromatic heterocycles. The van der Waals surface area contributed by atoms with Crippen molar-refractivity contribution in [2.45, 2.75) is 33.1 Å². The molecule has 0 aliphatic carbocycles. The summed E-state index contributed by atoms with van der Waals surface area (Å²) in [5.74, 6) is 0.936. The molecular weight excluding hydrogens is 210 g/mol. The average Bonchev–Trinajstić information content (AvgIpc) is 2.32. The summed E-state index contributed by atoms with van der Waals surface area (Å²) in [4.78, 5) is 14.1. The molecule has 0 N–H and O–H groups in total. The summed E-state index contributed by atoms with van der Waals surface area (Å²) in [6.45, 7) is 6.17. The van der Waals surface area contributed by atoms with Crippen LogP contribution in [0.2, 0.25) is 0 Å². The summed E-state index contributed by atoms with van der Waals surface area (Å²) < 4.78 is 0. The van der Waals surface area contributed by atoms with Gasteiger partial charge in [-0.2, -0.15) is 0 Å². The van der Waals surface area contributed by atoms with Crippen LogP contribution >= 0.6 is 0 Å². The Morgan fingerprint density at radius 3 is 2.71 bits per heavy atom. The van der Waals surface area contributed by atoms with Crippen molar-refractivity contribution >= 4 is 5.91 Å². The summed E-state index contributed by atoms with van der Waals surface area (Å²) in [7, 11) is 0. The monoisotopic (exact) mass is 231 g/mol. The third-order valence-corrected chi connectivity index (χ3v) is 3.49. The molecule has 92 valence electrons. The second-order valence-corrected chi connectivity index (χ2v) is 5.25. The minimum Gasteiger partial charge on any atom is -0.342 e. The molecular formula is C15H21NO. The lowest BCUT2D eigenvalue weighted by Gasteiger charge is -2.31. The molecule has 1 aliphatic heterocycles. The molecule has 0 bridgehead atoms. The van der Waals surface area contributed by atoms with Crippen molar-refractivity contribution in [3.63, 3.8) is 0 Å². The van der Waals surface area contributed by atoms with Gasteiger partial charge in [-0.05, 0) is 31.2 Å². The van der Waals surface area contributed by atoms with Crippen LogP contribution in [0, 0.1) is 12.8 Å². The van der Waals surface area contributed by atoms with E-state index in [9.17, 15) is 4.79 Å². The molecule has 1 amide bonds. The van der Waals surface area contributed by atoms with Crippen molar-refractivity contribution in [1.82, 2.24) is 4.90 Å². The summed E-state index contributed by atoms with van der Waals surface area (Å²) in [6, 6.07) is 8.25. The molecule has 2 nitrogen and oxygen atoms in total. The lowest BCUT2D eigenvalue weighted by Crippen LogP contribution is -2.39. The number of nitrogens with zero attached hydrogens (tertiary/aromatic N) is 1. The van der Waals surface area contributed by atoms with Gasteiger partial charge in [-0.15, -0.1) is 0 Å². The van der Waals surface area contributed by atoms with Crippen LogP contribution < -0.4 is 0 Å². The van der Waals surface area contributed by atoms with Crippen molar-refractivity contribution in [1.29, 1.82) is 0 Å². The molecule has 1 heterocycles. The van der Waals surface area contributed by atoms with E-state index < -0.39 is 0 Å². The molecule has 1 unspecified atom stereocenters. The normalized spacial score (nSPS) is 20.4. The van der Waals surface area contributed by atoms with Crippen molar-refractivity contribution < 1.29 is 4.79 Å². The van der Waals surface area contributed by atoms with E-state index in [1.807, 2.05) is 4.90 Å². The van der Waals surface area contributed by atoms with Gasteiger partial charge in [0.15, 0.2) is 0 Å². The number of likely N-dealkylation sites (tertiary alicyclic amines) is 1. The van der Waals surface area contributed by atoms with Crippen LogP contribution in [0.15, 0.2) is 24.3 Å². The number of benzene rings is 1. The summed E-state index contributed by atoms with van der Waals surface area (Å²) in [5, 5.41) is 0. The Hall–Kier alpha value is -1.31. The van der Waals surface area contributed by atoms with E-state index in [2.05, 4.69) is 38.1 Å². The summed E-state index contributed by atoms with van der Waals surface area (Å²) in [5.41, 5.74) is 2.37. The summed E-state index contributed by atoms with van der Waals surface area (Å²) in [6.07, 6.45) is 2.96. The van der Waals surface area contributed by atoms with Gasteiger partial charge in [-0.3, -0.25) is 4.79 Å². The Kier molecular flexibility index (Phi) is 3.82. The maximum Gasteiger partial charge on any atom is 0.226 e. The molecule has 1 saturated heterocycles. The Morgan fingerprint density at radius 2 is 2.06 bits per heavy atom. The second-order valence-electron chi connectivity index (χ2n) is 5.25. The average molecular weight is 231 g/mol. The highest BCUT2D eigenvalue weighted by atomic mass is 16.2. The number of aryl methyl sites for hydroxylation is 1. The standard InChI is InChI=1S/C15H21NO/c1-12-5-7-14(8-6-12)10-15(17)16-9-3-4-13(2)11-16/h5-8,13H,3-4,9-11H2,1-2H3. The minimum absolute atomic E-state index is 0.278. The Balaban J connectivity index is 1.94. The lowest BCUT2D eigenvalue weighted by molar-refractivity contribution is -0.132. The maximum atomic E-state index is 12.1. The van der Waals surface area contributed by atoms with E-state index in [1.165, 1.54) is 12.0 Å². The third kappa shape index (κ3) is 3.32. The van der Waals surface area contributed by atoms with Crippen molar-refractivity contribution in [3.05, 3.63) is 35.4 Å². The van der Waals surface area contributed by atoms with Crippen LogP contribution in [0.5, 0.6) is 0 Å². The first kappa shape index (κ1) is 12.2. The van der Waals surface area contributed by atoms with Crippen LogP contribution in [-0.2, 0) is 11.2 Å². The number of rotatable bonds is 2. The zero-order chi connectivity index (χ0) is 12.3. The maximum absolute atomic E-state index is 12.1. The van der Waals surface area contributed by atoms with Crippen molar-refractivity contribution in [2.75, 3.05) is 13.1 Å². The Bertz CT molecular complexity index is 382. The molecule has 1 aromatic rings. The zero-order valence-corrected chi connectivity index (χ0v) is 10.8. The highest BCUT2D eigenvalue weighted by Gasteiger charge is 2.20. The zero-order valence-electron chi connectivity index (χ0n) is 10.8. The molecule has 1 aromatic carbocycles. The molecule has 1 aliphatic rings. The molecule has 0 saturated carbocycles. The van der Waals surface area contributed by atoms with E-state index in [-0.39, 0.29) is 5.91 Å². The van der Waals surface area contributed by atoms with Crippen LogP contribution in [-0.4, -0.2) is 23.9 Å². The van der Waals surface area contributed by atoms with Crippen LogP contribution in [0.3, 0.4) is 0 Å². The quantitative estimate of drug-likeness (QED) is 0.766. The lowest BCUT2D eigenvalue weighted by atomic mass is 9.99. The smallest absolute Gasteiger partial charge is 0.226 e. The van der Waals surface area contributed by atoms with Crippen LogP contribution in [0.4, 0.5) is 0 Å². The molecule has 0 radical (unpaired) electrons. The Labute approximate surface area is 104 Å². The molecule has 2 rings (SSSR count). The largest absolute Gasteiger partial charge is 0.342 e. The number of piperidine rings is 1. The van der Waals surface area contributed by atoms with E-state index in [4.69, 9.17) is 0 Å². The van der Waals surface area contributed by atoms with Gasteiger partial charge < -0.3 is 4.90 Å². The van der Waals surface area contributed by atoms with Crippen LogP contribution in [0.1, 0.15) is 30.9 Å². The van der Waals surface area contributed by atoms with E-state index in [1.54, 1.807) is 0 Å². The van der Waals surface area contributed by atoms with Gasteiger partial charge in [-0.25, -0.2) is 0 Å². The molecule has 0 spiro atoms. The van der Waals surface area contributed by atoms with E-state index in [0.29, 0.717) is 12.3 Å². The predicted octanol–water partition coefficient (Wildman–Crippen LogP) is 2.80. The molecule has 1 atom stereocenters. The number of carbonyl (C=O) groups excluding carboxylic acids is 1. The topological polar surface area (TPSA) is 20.3 Å². The molecule has 1 fully saturated rings. The van der Waals surface area contributed by atoms with Gasteiger partial charge >= 0.3 is 0 Å². The van der Waals surface area contributed by atoms with Crippen molar-refractivity contribution in [3.8, 4) is 0 Å². The van der Waals surface area contributed by atoms with Crippen LogP contribution in [0.25, 0.3) is 0 Å².